The molecule has 6 rings (SSSR count). The molecule has 0 saturated carbocycles. The van der Waals surface area contributed by atoms with Crippen molar-refractivity contribution in [1.29, 1.82) is 0 Å². The molecule has 3 aliphatic heterocycles. The molecule has 41 heavy (non-hydrogen) atoms. The zero-order chi connectivity index (χ0) is 28.6. The van der Waals surface area contributed by atoms with Gasteiger partial charge in [0.15, 0.2) is 0 Å². The number of methoxy groups -OCH3 is 1. The van der Waals surface area contributed by atoms with Crippen LogP contribution in [0.15, 0.2) is 42.5 Å². The van der Waals surface area contributed by atoms with Gasteiger partial charge in [-0.05, 0) is 75.0 Å². The molecule has 5 heterocycles. The number of hydrogen-bond acceptors (Lipinski definition) is 7. The number of esters is 1. The standard InChI is InChI=1S/C32H41FN6O2/c1-22-14-23(2)39(36-22)28-8-4-6-25(15-28)26(16-30(40)41-3)17-37-13-11-32(29(33)19-37)20-38(21-32)18-27-10-9-24-7-5-12-34-31(24)35-27/h4,6,8-10,14-15,26,29H,5,7,11-13,16-21H2,1-3H3,(H,34,35)/t26-,29?/m1/s1. The van der Waals surface area contributed by atoms with E-state index in [1.807, 2.05) is 36.7 Å². The van der Waals surface area contributed by atoms with Gasteiger partial charge in [0.2, 0.25) is 0 Å². The molecule has 1 aromatic carbocycles. The van der Waals surface area contributed by atoms with Crippen molar-refractivity contribution in [3.8, 4) is 5.69 Å². The average Bonchev–Trinajstić information content (AvgIpc) is 3.30. The van der Waals surface area contributed by atoms with E-state index in [1.165, 1.54) is 12.7 Å². The summed E-state index contributed by atoms with van der Waals surface area (Å²) in [4.78, 5) is 21.7. The third kappa shape index (κ3) is 5.88. The van der Waals surface area contributed by atoms with E-state index >= 15 is 4.39 Å². The number of carbonyl (C=O) groups is 1. The van der Waals surface area contributed by atoms with E-state index in [-0.39, 0.29) is 23.7 Å². The van der Waals surface area contributed by atoms with Crippen LogP contribution in [0, 0.1) is 19.3 Å². The zero-order valence-electron chi connectivity index (χ0n) is 24.4. The Balaban J connectivity index is 1.09. The van der Waals surface area contributed by atoms with Gasteiger partial charge in [0.1, 0.15) is 12.0 Å². The predicted molar refractivity (Wildman–Crippen MR) is 157 cm³/mol. The molecular weight excluding hydrogens is 519 g/mol. The summed E-state index contributed by atoms with van der Waals surface area (Å²) in [5.74, 6) is 0.669. The summed E-state index contributed by atoms with van der Waals surface area (Å²) < 4.78 is 22.8. The van der Waals surface area contributed by atoms with Gasteiger partial charge in [0.05, 0.1) is 30.6 Å². The number of likely N-dealkylation sites (tertiary alicyclic amines) is 2. The lowest BCUT2D eigenvalue weighted by atomic mass is 9.70. The summed E-state index contributed by atoms with van der Waals surface area (Å²) >= 11 is 0. The topological polar surface area (TPSA) is 75.5 Å². The van der Waals surface area contributed by atoms with Crippen LogP contribution in [0.25, 0.3) is 5.69 Å². The van der Waals surface area contributed by atoms with Gasteiger partial charge >= 0.3 is 5.97 Å². The van der Waals surface area contributed by atoms with Crippen LogP contribution < -0.4 is 5.32 Å². The molecule has 1 unspecified atom stereocenters. The third-order valence-corrected chi connectivity index (χ3v) is 9.14. The minimum absolute atomic E-state index is 0.0952. The van der Waals surface area contributed by atoms with Crippen LogP contribution in [-0.4, -0.2) is 83.1 Å². The minimum Gasteiger partial charge on any atom is -0.469 e. The normalized spacial score (nSPS) is 21.1. The minimum atomic E-state index is -0.898. The maximum atomic E-state index is 15.8. The van der Waals surface area contributed by atoms with Crippen LogP contribution in [0.4, 0.5) is 10.2 Å². The number of piperidine rings is 1. The van der Waals surface area contributed by atoms with Crippen LogP contribution in [0.1, 0.15) is 53.4 Å². The lowest BCUT2D eigenvalue weighted by Gasteiger charge is -2.55. The lowest BCUT2D eigenvalue weighted by molar-refractivity contribution is -0.141. The molecule has 9 heteroatoms. The number of aromatic nitrogens is 3. The number of anilines is 1. The molecule has 218 valence electrons. The number of aryl methyl sites for hydroxylation is 3. The second-order valence-corrected chi connectivity index (χ2v) is 12.2. The molecule has 3 aromatic rings. The fourth-order valence-corrected chi connectivity index (χ4v) is 6.90. The van der Waals surface area contributed by atoms with Gasteiger partial charge in [-0.1, -0.05) is 18.2 Å². The van der Waals surface area contributed by atoms with Gasteiger partial charge in [0.25, 0.3) is 0 Å². The molecule has 0 bridgehead atoms. The number of alkyl halides is 1. The predicted octanol–water partition coefficient (Wildman–Crippen LogP) is 4.43. The maximum absolute atomic E-state index is 15.8. The number of hydrogen-bond donors (Lipinski definition) is 1. The Morgan fingerprint density at radius 3 is 2.80 bits per heavy atom. The Kier molecular flexibility index (Phi) is 7.83. The van der Waals surface area contributed by atoms with Crippen LogP contribution in [0.3, 0.4) is 0 Å². The SMILES string of the molecule is COC(=O)C[C@H](CN1CCC2(CN(Cc3ccc4c(n3)NCCC4)C2)C(F)C1)c1cccc(-n2nc(C)cc2C)c1. The highest BCUT2D eigenvalue weighted by Gasteiger charge is 2.51. The molecule has 2 atom stereocenters. The number of ether oxygens (including phenoxy) is 1. The highest BCUT2D eigenvalue weighted by molar-refractivity contribution is 5.70. The summed E-state index contributed by atoms with van der Waals surface area (Å²) in [5.41, 5.74) is 6.08. The first-order chi connectivity index (χ1) is 19.8. The Morgan fingerprint density at radius 1 is 1.20 bits per heavy atom. The fraction of sp³-hybridized carbons (Fsp3) is 0.531. The molecule has 2 saturated heterocycles. The van der Waals surface area contributed by atoms with E-state index in [9.17, 15) is 4.79 Å². The molecule has 8 nitrogen and oxygen atoms in total. The van der Waals surface area contributed by atoms with Gasteiger partial charge in [-0.2, -0.15) is 5.10 Å². The summed E-state index contributed by atoms with van der Waals surface area (Å²) in [6, 6.07) is 14.5. The number of pyridine rings is 1. The van der Waals surface area contributed by atoms with Crippen LogP contribution in [0.2, 0.25) is 0 Å². The Hall–Kier alpha value is -3.30. The van der Waals surface area contributed by atoms with Gasteiger partial charge in [0, 0.05) is 56.3 Å². The van der Waals surface area contributed by atoms with E-state index in [0.29, 0.717) is 13.1 Å². The summed E-state index contributed by atoms with van der Waals surface area (Å²) in [6.45, 7) is 9.12. The Labute approximate surface area is 241 Å². The molecule has 1 N–H and O–H groups in total. The van der Waals surface area contributed by atoms with Crippen LogP contribution >= 0.6 is 0 Å². The van der Waals surface area contributed by atoms with E-state index in [1.54, 1.807) is 0 Å². The number of halogens is 1. The van der Waals surface area contributed by atoms with Gasteiger partial charge < -0.3 is 10.1 Å². The Bertz CT molecular complexity index is 1400. The van der Waals surface area contributed by atoms with E-state index in [4.69, 9.17) is 9.72 Å². The maximum Gasteiger partial charge on any atom is 0.306 e. The molecule has 2 aromatic heterocycles. The van der Waals surface area contributed by atoms with E-state index < -0.39 is 6.17 Å². The van der Waals surface area contributed by atoms with Gasteiger partial charge in [-0.3, -0.25) is 14.6 Å². The summed E-state index contributed by atoms with van der Waals surface area (Å²) in [5, 5.41) is 8.03. The quantitative estimate of drug-likeness (QED) is 0.409. The van der Waals surface area contributed by atoms with E-state index in [2.05, 4.69) is 44.5 Å². The van der Waals surface area contributed by atoms with Crippen LogP contribution in [-0.2, 0) is 22.5 Å². The summed E-state index contributed by atoms with van der Waals surface area (Å²) in [6.07, 6.45) is 2.41. The number of nitrogens with one attached hydrogen (secondary N) is 1. The molecule has 0 amide bonds. The summed E-state index contributed by atoms with van der Waals surface area (Å²) in [7, 11) is 1.42. The molecule has 2 fully saturated rings. The van der Waals surface area contributed by atoms with Crippen LogP contribution in [0.5, 0.6) is 0 Å². The first kappa shape index (κ1) is 27.8. The first-order valence-electron chi connectivity index (χ1n) is 14.8. The van der Waals surface area contributed by atoms with Crippen molar-refractivity contribution < 1.29 is 13.9 Å². The monoisotopic (exact) mass is 560 g/mol. The van der Waals surface area contributed by atoms with E-state index in [0.717, 1.165) is 86.1 Å². The smallest absolute Gasteiger partial charge is 0.306 e. The second kappa shape index (κ2) is 11.5. The molecule has 0 radical (unpaired) electrons. The number of nitrogens with zero attached hydrogens (tertiary/aromatic N) is 5. The van der Waals surface area contributed by atoms with Gasteiger partial charge in [-0.15, -0.1) is 0 Å². The molecule has 1 spiro atoms. The molecule has 0 aliphatic carbocycles. The van der Waals surface area contributed by atoms with Crippen molar-refractivity contribution in [2.24, 2.45) is 5.41 Å². The highest BCUT2D eigenvalue weighted by Crippen LogP contribution is 2.43. The highest BCUT2D eigenvalue weighted by atomic mass is 19.1. The third-order valence-electron chi connectivity index (χ3n) is 9.14. The number of carbonyl (C=O) groups excluding carboxylic acids is 1. The Morgan fingerprint density at radius 2 is 2.05 bits per heavy atom. The average molecular weight is 561 g/mol. The second-order valence-electron chi connectivity index (χ2n) is 12.2. The largest absolute Gasteiger partial charge is 0.469 e. The molecule has 3 aliphatic rings. The fourth-order valence-electron chi connectivity index (χ4n) is 6.90. The number of rotatable bonds is 8. The van der Waals surface area contributed by atoms with Gasteiger partial charge in [-0.25, -0.2) is 14.1 Å². The van der Waals surface area contributed by atoms with Crippen molar-refractivity contribution >= 4 is 11.8 Å². The van der Waals surface area contributed by atoms with Crippen molar-refractivity contribution in [3.63, 3.8) is 0 Å². The first-order valence-corrected chi connectivity index (χ1v) is 14.8. The van der Waals surface area contributed by atoms with Crippen molar-refractivity contribution in [1.82, 2.24) is 24.6 Å². The number of benzene rings is 1. The lowest BCUT2D eigenvalue weighted by Crippen LogP contribution is -2.65. The zero-order valence-corrected chi connectivity index (χ0v) is 24.4. The number of fused-ring (bicyclic) bond motifs is 1. The van der Waals surface area contributed by atoms with Crippen molar-refractivity contribution in [3.05, 3.63) is 70.7 Å². The van der Waals surface area contributed by atoms with Crippen molar-refractivity contribution in [2.45, 2.75) is 58.2 Å². The van der Waals surface area contributed by atoms with Crippen molar-refractivity contribution in [2.75, 3.05) is 51.7 Å². The molecular formula is C32H41FN6O2.